The van der Waals surface area contributed by atoms with Crippen LogP contribution >= 0.6 is 11.6 Å². The number of amidine groups is 1. The van der Waals surface area contributed by atoms with E-state index < -0.39 is 11.5 Å². The van der Waals surface area contributed by atoms with E-state index in [1.807, 2.05) is 31.2 Å². The number of nitrogens with two attached hydrogens (primary N) is 1. The topological polar surface area (TPSA) is 134 Å². The number of benzene rings is 2. The van der Waals surface area contributed by atoms with Gasteiger partial charge in [0.25, 0.3) is 0 Å². The van der Waals surface area contributed by atoms with Crippen molar-refractivity contribution in [1.82, 2.24) is 25.2 Å². The van der Waals surface area contributed by atoms with Crippen LogP contribution in [0.3, 0.4) is 0 Å². The van der Waals surface area contributed by atoms with Gasteiger partial charge in [0.15, 0.2) is 5.82 Å². The van der Waals surface area contributed by atoms with Crippen molar-refractivity contribution in [1.29, 1.82) is 5.41 Å². The second kappa shape index (κ2) is 13.2. The van der Waals surface area contributed by atoms with Gasteiger partial charge in [0.05, 0.1) is 34.4 Å². The molecule has 222 valence electrons. The third-order valence-electron chi connectivity index (χ3n) is 7.47. The minimum atomic E-state index is -0.521. The molecule has 3 heterocycles. The molecule has 5 rings (SSSR count). The van der Waals surface area contributed by atoms with E-state index in [0.717, 1.165) is 43.4 Å². The molecule has 1 aliphatic heterocycles. The second-order valence-corrected chi connectivity index (χ2v) is 11.4. The first kappa shape index (κ1) is 29.9. The van der Waals surface area contributed by atoms with Gasteiger partial charge < -0.3 is 26.1 Å². The summed E-state index contributed by atoms with van der Waals surface area (Å²) in [5.74, 6) is -0.0769. The Labute approximate surface area is 249 Å². The van der Waals surface area contributed by atoms with Crippen LogP contribution in [0, 0.1) is 11.2 Å². The SMILES string of the molecule is CC(=N)NCC[C@@H]1CNC[C@@H](c2ccc(-n3cc4cc(-c5cc(CCC[C@H](C)N)cc(Cl)c5F)[nH]c4nc3=O)cc2)O1. The van der Waals surface area contributed by atoms with Crippen LogP contribution in [0.25, 0.3) is 28.0 Å². The van der Waals surface area contributed by atoms with Crippen LogP contribution in [-0.4, -0.2) is 52.2 Å². The number of aromatic amines is 1. The number of halogens is 2. The molecule has 4 aromatic rings. The Morgan fingerprint density at radius 1 is 1.29 bits per heavy atom. The molecule has 0 radical (unpaired) electrons. The fourth-order valence-electron chi connectivity index (χ4n) is 5.28. The number of aryl methyl sites for hydroxylation is 1. The highest BCUT2D eigenvalue weighted by atomic mass is 35.5. The van der Waals surface area contributed by atoms with Crippen molar-refractivity contribution >= 4 is 28.5 Å². The lowest BCUT2D eigenvalue weighted by molar-refractivity contribution is -0.0414. The van der Waals surface area contributed by atoms with E-state index in [1.165, 1.54) is 4.57 Å². The van der Waals surface area contributed by atoms with Crippen molar-refractivity contribution in [2.75, 3.05) is 19.6 Å². The molecule has 2 aromatic carbocycles. The molecular weight excluding hydrogens is 557 g/mol. The van der Waals surface area contributed by atoms with Crippen LogP contribution in [0.15, 0.2) is 53.5 Å². The Hall–Kier alpha value is -3.57. The minimum absolute atomic E-state index is 0.0438. The van der Waals surface area contributed by atoms with Crippen molar-refractivity contribution in [3.8, 4) is 16.9 Å². The van der Waals surface area contributed by atoms with E-state index in [2.05, 4.69) is 20.6 Å². The molecule has 2 aromatic heterocycles. The Bertz CT molecular complexity index is 1620. The van der Waals surface area contributed by atoms with Gasteiger partial charge in [-0.05, 0) is 81.0 Å². The fourth-order valence-corrected chi connectivity index (χ4v) is 5.52. The Balaban J connectivity index is 1.35. The zero-order chi connectivity index (χ0) is 29.8. The summed E-state index contributed by atoms with van der Waals surface area (Å²) >= 11 is 6.24. The molecule has 1 saturated heterocycles. The number of ether oxygens (including phenoxy) is 1. The van der Waals surface area contributed by atoms with Crippen LogP contribution < -0.4 is 22.1 Å². The van der Waals surface area contributed by atoms with E-state index in [1.54, 1.807) is 31.3 Å². The van der Waals surface area contributed by atoms with Crippen molar-refractivity contribution < 1.29 is 9.13 Å². The van der Waals surface area contributed by atoms with E-state index in [4.69, 9.17) is 27.5 Å². The maximum Gasteiger partial charge on any atom is 0.354 e. The molecule has 11 heteroatoms. The Morgan fingerprint density at radius 3 is 2.81 bits per heavy atom. The lowest BCUT2D eigenvalue weighted by Gasteiger charge is -2.31. The lowest BCUT2D eigenvalue weighted by atomic mass is 10.0. The standard InChI is InChI=1S/C31H37ClFN7O2/c1-18(34)4-3-5-20-12-25(29(33)26(32)13-20)27-14-22-17-40(31(41)39-30(22)38-27)23-8-6-21(7-9-23)28-16-36-15-24(42-28)10-11-37-19(2)35/h6-9,12-14,17-18,24,28,36H,3-5,10-11,15-16,34H2,1-2H3,(H2,35,37)(H,38,39,41)/t18-,24+,28-/m0/s1. The Kier molecular flexibility index (Phi) is 9.37. The maximum absolute atomic E-state index is 15.1. The molecule has 0 saturated carbocycles. The molecule has 0 unspecified atom stereocenters. The van der Waals surface area contributed by atoms with Gasteiger partial charge in [0.2, 0.25) is 0 Å². The van der Waals surface area contributed by atoms with Gasteiger partial charge in [-0.1, -0.05) is 23.7 Å². The van der Waals surface area contributed by atoms with Crippen LogP contribution in [0.1, 0.15) is 50.3 Å². The molecule has 3 atom stereocenters. The monoisotopic (exact) mass is 593 g/mol. The molecule has 6 N–H and O–H groups in total. The van der Waals surface area contributed by atoms with Crippen LogP contribution in [-0.2, 0) is 11.2 Å². The quantitative estimate of drug-likeness (QED) is 0.132. The van der Waals surface area contributed by atoms with Crippen LogP contribution in [0.5, 0.6) is 0 Å². The Morgan fingerprint density at radius 2 is 2.07 bits per heavy atom. The van der Waals surface area contributed by atoms with Crippen LogP contribution in [0.4, 0.5) is 4.39 Å². The fraction of sp³-hybridized carbons (Fsp3) is 0.387. The van der Waals surface area contributed by atoms with E-state index >= 15 is 4.39 Å². The summed E-state index contributed by atoms with van der Waals surface area (Å²) in [5.41, 5.74) is 9.22. The summed E-state index contributed by atoms with van der Waals surface area (Å²) < 4.78 is 22.9. The largest absolute Gasteiger partial charge is 0.374 e. The van der Waals surface area contributed by atoms with Gasteiger partial charge in [-0.15, -0.1) is 0 Å². The average Bonchev–Trinajstić information content (AvgIpc) is 3.37. The van der Waals surface area contributed by atoms with Crippen molar-refractivity contribution in [3.05, 3.63) is 81.1 Å². The number of aromatic nitrogens is 3. The molecule has 0 spiro atoms. The minimum Gasteiger partial charge on any atom is -0.374 e. The zero-order valence-electron chi connectivity index (χ0n) is 23.8. The predicted octanol–water partition coefficient (Wildman–Crippen LogP) is 4.85. The highest BCUT2D eigenvalue weighted by Crippen LogP contribution is 2.31. The molecule has 0 bridgehead atoms. The summed E-state index contributed by atoms with van der Waals surface area (Å²) in [6, 6.07) is 13.0. The third-order valence-corrected chi connectivity index (χ3v) is 7.74. The molecule has 9 nitrogen and oxygen atoms in total. The van der Waals surface area contributed by atoms with Crippen molar-refractivity contribution in [3.63, 3.8) is 0 Å². The lowest BCUT2D eigenvalue weighted by Crippen LogP contribution is -2.42. The third kappa shape index (κ3) is 7.07. The number of hydrogen-bond acceptors (Lipinski definition) is 6. The number of nitrogens with one attached hydrogen (secondary N) is 4. The maximum atomic E-state index is 15.1. The highest BCUT2D eigenvalue weighted by molar-refractivity contribution is 6.31. The molecule has 1 fully saturated rings. The van der Waals surface area contributed by atoms with Gasteiger partial charge >= 0.3 is 5.69 Å². The van der Waals surface area contributed by atoms with E-state index in [9.17, 15) is 4.79 Å². The summed E-state index contributed by atoms with van der Waals surface area (Å²) in [5, 5.41) is 14.7. The van der Waals surface area contributed by atoms with Crippen molar-refractivity contribution in [2.24, 2.45) is 5.73 Å². The summed E-state index contributed by atoms with van der Waals surface area (Å²) in [6.45, 7) is 5.83. The molecule has 1 aliphatic rings. The van der Waals surface area contributed by atoms with Gasteiger partial charge in [-0.3, -0.25) is 9.98 Å². The number of morpholine rings is 1. The summed E-state index contributed by atoms with van der Waals surface area (Å²) in [6.07, 6.45) is 4.91. The average molecular weight is 594 g/mol. The van der Waals surface area contributed by atoms with E-state index in [0.29, 0.717) is 46.9 Å². The van der Waals surface area contributed by atoms with Crippen LogP contribution in [0.2, 0.25) is 5.02 Å². The number of hydrogen-bond donors (Lipinski definition) is 5. The van der Waals surface area contributed by atoms with Crippen molar-refractivity contribution in [2.45, 2.75) is 57.8 Å². The normalized spacial score (nSPS) is 17.8. The summed E-state index contributed by atoms with van der Waals surface area (Å²) in [4.78, 5) is 20.3. The number of nitrogens with zero attached hydrogens (tertiary/aromatic N) is 2. The molecule has 0 aliphatic carbocycles. The first-order valence-corrected chi connectivity index (χ1v) is 14.7. The highest BCUT2D eigenvalue weighted by Gasteiger charge is 2.23. The van der Waals surface area contributed by atoms with Gasteiger partial charge in [0, 0.05) is 42.8 Å². The number of H-pyrrole nitrogens is 1. The second-order valence-electron chi connectivity index (χ2n) is 11.0. The summed E-state index contributed by atoms with van der Waals surface area (Å²) in [7, 11) is 0. The smallest absolute Gasteiger partial charge is 0.354 e. The number of fused-ring (bicyclic) bond motifs is 1. The molecular formula is C31H37ClFN7O2. The predicted molar refractivity (Wildman–Crippen MR) is 165 cm³/mol. The van der Waals surface area contributed by atoms with Gasteiger partial charge in [-0.2, -0.15) is 4.98 Å². The number of rotatable bonds is 10. The first-order chi connectivity index (χ1) is 20.2. The first-order valence-electron chi connectivity index (χ1n) is 14.3. The van der Waals surface area contributed by atoms with Gasteiger partial charge in [0.1, 0.15) is 5.65 Å². The molecule has 42 heavy (non-hydrogen) atoms. The van der Waals surface area contributed by atoms with Gasteiger partial charge in [-0.25, -0.2) is 9.18 Å². The molecule has 0 amide bonds. The zero-order valence-corrected chi connectivity index (χ0v) is 24.6. The van der Waals surface area contributed by atoms with E-state index in [-0.39, 0.29) is 23.3 Å².